The van der Waals surface area contributed by atoms with Crippen LogP contribution in [0.5, 0.6) is 0 Å². The maximum atomic E-state index is 12.7. The molecule has 1 aliphatic rings. The van der Waals surface area contributed by atoms with E-state index in [1.165, 1.54) is 4.31 Å². The molecule has 0 radical (unpaired) electrons. The van der Waals surface area contributed by atoms with Gasteiger partial charge >= 0.3 is 0 Å². The molecule has 6 nitrogen and oxygen atoms in total. The Morgan fingerprint density at radius 2 is 2.16 bits per heavy atom. The molecule has 0 bridgehead atoms. The lowest BCUT2D eigenvalue weighted by molar-refractivity contribution is 0.0136. The fourth-order valence-electron chi connectivity index (χ4n) is 2.26. The normalized spacial score (nSPS) is 21.8. The van der Waals surface area contributed by atoms with Crippen LogP contribution in [0.15, 0.2) is 4.90 Å². The molecule has 1 unspecified atom stereocenters. The first-order valence-electron chi connectivity index (χ1n) is 6.06. The molecular weight excluding hydrogens is 334 g/mol. The standard InChI is InChI=1S/C11H18BrN3O3S/c1-8-11(9(2)14(3)13-8)19(16,17)15-4-5-18-10(6-12)7-15/h10H,4-7H2,1-3H3. The predicted molar refractivity (Wildman–Crippen MR) is 75.0 cm³/mol. The van der Waals surface area contributed by atoms with Gasteiger partial charge in [0.25, 0.3) is 0 Å². The first kappa shape index (κ1) is 15.0. The number of rotatable bonds is 3. The minimum Gasteiger partial charge on any atom is -0.375 e. The van der Waals surface area contributed by atoms with Gasteiger partial charge in [-0.05, 0) is 13.8 Å². The van der Waals surface area contributed by atoms with Crippen molar-refractivity contribution in [2.75, 3.05) is 25.0 Å². The van der Waals surface area contributed by atoms with Crippen LogP contribution < -0.4 is 0 Å². The lowest BCUT2D eigenvalue weighted by atomic mass is 10.3. The summed E-state index contributed by atoms with van der Waals surface area (Å²) in [6, 6.07) is 0. The predicted octanol–water partition coefficient (Wildman–Crippen LogP) is 0.821. The number of halogens is 1. The molecule has 1 aromatic heterocycles. The van der Waals surface area contributed by atoms with Crippen LogP contribution in [0, 0.1) is 13.8 Å². The van der Waals surface area contributed by atoms with Crippen LogP contribution in [-0.2, 0) is 21.8 Å². The van der Waals surface area contributed by atoms with Crippen LogP contribution in [-0.4, -0.2) is 53.6 Å². The smallest absolute Gasteiger partial charge is 0.246 e. The van der Waals surface area contributed by atoms with Crippen LogP contribution in [0.3, 0.4) is 0 Å². The SMILES string of the molecule is Cc1nn(C)c(C)c1S(=O)(=O)N1CCOC(CBr)C1. The molecule has 108 valence electrons. The molecule has 2 heterocycles. The molecule has 0 saturated carbocycles. The molecule has 19 heavy (non-hydrogen) atoms. The minimum absolute atomic E-state index is 0.0965. The van der Waals surface area contributed by atoms with E-state index in [1.807, 2.05) is 0 Å². The molecule has 0 aromatic carbocycles. The number of morpholine rings is 1. The monoisotopic (exact) mass is 351 g/mol. The van der Waals surface area contributed by atoms with Gasteiger partial charge in [-0.25, -0.2) is 8.42 Å². The lowest BCUT2D eigenvalue weighted by Crippen LogP contribution is -2.46. The number of alkyl halides is 1. The van der Waals surface area contributed by atoms with E-state index in [0.717, 1.165) is 0 Å². The second kappa shape index (κ2) is 5.51. The number of hydrogen-bond acceptors (Lipinski definition) is 4. The zero-order chi connectivity index (χ0) is 14.2. The molecule has 1 saturated heterocycles. The molecule has 0 aliphatic carbocycles. The van der Waals surface area contributed by atoms with Crippen molar-refractivity contribution in [1.29, 1.82) is 0 Å². The van der Waals surface area contributed by atoms with Gasteiger partial charge in [-0.15, -0.1) is 0 Å². The number of nitrogens with zero attached hydrogens (tertiary/aromatic N) is 3. The van der Waals surface area contributed by atoms with Gasteiger partial charge in [0.05, 0.1) is 24.1 Å². The highest BCUT2D eigenvalue weighted by Crippen LogP contribution is 2.24. The Labute approximate surface area is 121 Å². The number of aromatic nitrogens is 2. The average Bonchev–Trinajstić information content (AvgIpc) is 2.63. The molecule has 1 atom stereocenters. The summed E-state index contributed by atoms with van der Waals surface area (Å²) in [6.45, 7) is 4.69. The minimum atomic E-state index is -3.50. The van der Waals surface area contributed by atoms with E-state index in [-0.39, 0.29) is 6.10 Å². The molecule has 0 amide bonds. The second-order valence-electron chi connectivity index (χ2n) is 4.63. The maximum absolute atomic E-state index is 12.7. The Bertz CT molecular complexity index is 570. The van der Waals surface area contributed by atoms with E-state index < -0.39 is 10.0 Å². The Hall–Kier alpha value is -0.440. The van der Waals surface area contributed by atoms with Gasteiger partial charge in [0.1, 0.15) is 4.90 Å². The van der Waals surface area contributed by atoms with Gasteiger partial charge in [-0.1, -0.05) is 15.9 Å². The van der Waals surface area contributed by atoms with E-state index in [4.69, 9.17) is 4.74 Å². The molecular formula is C11H18BrN3O3S. The van der Waals surface area contributed by atoms with Crippen molar-refractivity contribution in [3.05, 3.63) is 11.4 Å². The summed E-state index contributed by atoms with van der Waals surface area (Å²) in [7, 11) is -1.74. The lowest BCUT2D eigenvalue weighted by Gasteiger charge is -2.31. The van der Waals surface area contributed by atoms with E-state index in [1.54, 1.807) is 25.6 Å². The fraction of sp³-hybridized carbons (Fsp3) is 0.727. The molecule has 0 spiro atoms. The highest BCUT2D eigenvalue weighted by molar-refractivity contribution is 9.09. The Balaban J connectivity index is 2.37. The number of hydrogen-bond donors (Lipinski definition) is 0. The number of ether oxygens (including phenoxy) is 1. The maximum Gasteiger partial charge on any atom is 0.246 e. The van der Waals surface area contributed by atoms with Gasteiger partial charge in [-0.3, -0.25) is 4.68 Å². The highest BCUT2D eigenvalue weighted by atomic mass is 79.9. The summed E-state index contributed by atoms with van der Waals surface area (Å²) in [6.07, 6.45) is -0.0965. The molecule has 2 rings (SSSR count). The van der Waals surface area contributed by atoms with Crippen molar-refractivity contribution in [3.8, 4) is 0 Å². The van der Waals surface area contributed by atoms with Crippen molar-refractivity contribution in [3.63, 3.8) is 0 Å². The third-order valence-electron chi connectivity index (χ3n) is 3.31. The zero-order valence-electron chi connectivity index (χ0n) is 11.3. The van der Waals surface area contributed by atoms with Gasteiger partial charge in [0.15, 0.2) is 0 Å². The number of aryl methyl sites for hydroxylation is 2. The molecule has 1 aliphatic heterocycles. The van der Waals surface area contributed by atoms with Crippen molar-refractivity contribution < 1.29 is 13.2 Å². The molecule has 1 fully saturated rings. The van der Waals surface area contributed by atoms with Gasteiger partial charge in [0.2, 0.25) is 10.0 Å². The number of sulfonamides is 1. The summed E-state index contributed by atoms with van der Waals surface area (Å²) < 4.78 is 34.0. The third kappa shape index (κ3) is 2.72. The topological polar surface area (TPSA) is 64.4 Å². The Morgan fingerprint density at radius 3 is 2.68 bits per heavy atom. The van der Waals surface area contributed by atoms with E-state index in [0.29, 0.717) is 41.3 Å². The molecule has 1 aromatic rings. The Morgan fingerprint density at radius 1 is 1.47 bits per heavy atom. The van der Waals surface area contributed by atoms with E-state index in [9.17, 15) is 8.42 Å². The fourth-order valence-corrected chi connectivity index (χ4v) is 4.51. The summed E-state index contributed by atoms with van der Waals surface area (Å²) in [5, 5.41) is 4.81. The van der Waals surface area contributed by atoms with E-state index in [2.05, 4.69) is 21.0 Å². The van der Waals surface area contributed by atoms with Crippen molar-refractivity contribution in [2.45, 2.75) is 24.8 Å². The van der Waals surface area contributed by atoms with Crippen molar-refractivity contribution in [1.82, 2.24) is 14.1 Å². The molecule has 0 N–H and O–H groups in total. The zero-order valence-corrected chi connectivity index (χ0v) is 13.7. The Kier molecular flexibility index (Phi) is 4.34. The first-order chi connectivity index (χ1) is 8.87. The second-order valence-corrected chi connectivity index (χ2v) is 7.16. The van der Waals surface area contributed by atoms with Crippen LogP contribution in [0.1, 0.15) is 11.4 Å². The van der Waals surface area contributed by atoms with Crippen molar-refractivity contribution >= 4 is 26.0 Å². The first-order valence-corrected chi connectivity index (χ1v) is 8.62. The summed E-state index contributed by atoms with van der Waals surface area (Å²) in [5.74, 6) is 0. The summed E-state index contributed by atoms with van der Waals surface area (Å²) >= 11 is 3.33. The van der Waals surface area contributed by atoms with E-state index >= 15 is 0 Å². The van der Waals surface area contributed by atoms with Gasteiger partial charge < -0.3 is 4.74 Å². The van der Waals surface area contributed by atoms with Crippen LogP contribution >= 0.6 is 15.9 Å². The molecule has 8 heteroatoms. The average molecular weight is 352 g/mol. The van der Waals surface area contributed by atoms with Crippen LogP contribution in [0.4, 0.5) is 0 Å². The largest absolute Gasteiger partial charge is 0.375 e. The summed E-state index contributed by atoms with van der Waals surface area (Å²) in [4.78, 5) is 0.324. The van der Waals surface area contributed by atoms with Crippen LogP contribution in [0.2, 0.25) is 0 Å². The quantitative estimate of drug-likeness (QED) is 0.756. The third-order valence-corrected chi connectivity index (χ3v) is 6.15. The van der Waals surface area contributed by atoms with Crippen LogP contribution in [0.25, 0.3) is 0 Å². The van der Waals surface area contributed by atoms with Crippen molar-refractivity contribution in [2.24, 2.45) is 7.05 Å². The van der Waals surface area contributed by atoms with Gasteiger partial charge in [-0.2, -0.15) is 9.40 Å². The summed E-state index contributed by atoms with van der Waals surface area (Å²) in [5.41, 5.74) is 1.21. The highest BCUT2D eigenvalue weighted by Gasteiger charge is 2.34. The van der Waals surface area contributed by atoms with Gasteiger partial charge in [0, 0.05) is 25.5 Å².